The van der Waals surface area contributed by atoms with E-state index in [0.717, 1.165) is 0 Å². The molecule has 0 aliphatic heterocycles. The summed E-state index contributed by atoms with van der Waals surface area (Å²) in [6, 6.07) is 6.96. The summed E-state index contributed by atoms with van der Waals surface area (Å²) in [5, 5.41) is 25.7. The van der Waals surface area contributed by atoms with E-state index in [2.05, 4.69) is 24.1 Å². The molecule has 0 aliphatic rings. The third kappa shape index (κ3) is 3.96. The zero-order chi connectivity index (χ0) is 17.2. The Balaban J connectivity index is 2.55. The van der Waals surface area contributed by atoms with Gasteiger partial charge in [-0.3, -0.25) is 10.1 Å². The monoisotopic (exact) mass is 317 g/mol. The normalized spacial score (nSPS) is 13.3. The zero-order valence-corrected chi connectivity index (χ0v) is 13.9. The third-order valence-electron chi connectivity index (χ3n) is 3.83. The molecule has 0 aliphatic carbocycles. The molecule has 0 radical (unpaired) electrons. The Morgan fingerprint density at radius 3 is 2.57 bits per heavy atom. The predicted molar refractivity (Wildman–Crippen MR) is 91.6 cm³/mol. The van der Waals surface area contributed by atoms with Crippen LogP contribution in [0.2, 0.25) is 0 Å². The first-order valence-corrected chi connectivity index (χ1v) is 7.71. The third-order valence-corrected chi connectivity index (χ3v) is 3.83. The fourth-order valence-electron chi connectivity index (χ4n) is 2.59. The van der Waals surface area contributed by atoms with Crippen molar-refractivity contribution < 1.29 is 10.0 Å². The van der Waals surface area contributed by atoms with E-state index < -0.39 is 10.5 Å². The topological polar surface area (TPSA) is 88.3 Å². The van der Waals surface area contributed by atoms with Crippen molar-refractivity contribution in [3.8, 4) is 0 Å². The van der Waals surface area contributed by atoms with Gasteiger partial charge in [0.15, 0.2) is 0 Å². The quantitative estimate of drug-likeness (QED) is 0.626. The van der Waals surface area contributed by atoms with Crippen LogP contribution in [0.15, 0.2) is 30.5 Å². The van der Waals surface area contributed by atoms with Gasteiger partial charge in [0.2, 0.25) is 0 Å². The number of hydrogen-bond donors (Lipinski definition) is 2. The van der Waals surface area contributed by atoms with Crippen LogP contribution in [0.3, 0.4) is 0 Å². The minimum absolute atomic E-state index is 0.0818. The van der Waals surface area contributed by atoms with Gasteiger partial charge in [-0.15, -0.1) is 0 Å². The van der Waals surface area contributed by atoms with Crippen LogP contribution in [0, 0.1) is 16.0 Å². The maximum atomic E-state index is 11.4. The number of pyridine rings is 1. The van der Waals surface area contributed by atoms with Gasteiger partial charge in [-0.25, -0.2) is 4.98 Å². The number of aromatic nitrogens is 1. The van der Waals surface area contributed by atoms with Crippen LogP contribution >= 0.6 is 0 Å². The van der Waals surface area contributed by atoms with Gasteiger partial charge in [0.1, 0.15) is 11.9 Å². The Morgan fingerprint density at radius 1 is 1.35 bits per heavy atom. The second-order valence-electron chi connectivity index (χ2n) is 6.77. The molecule has 0 fully saturated rings. The number of para-hydroxylation sites is 1. The molecular weight excluding hydrogens is 294 g/mol. The van der Waals surface area contributed by atoms with Gasteiger partial charge < -0.3 is 10.4 Å². The molecule has 1 aromatic heterocycles. The first-order chi connectivity index (χ1) is 10.7. The van der Waals surface area contributed by atoms with Crippen LogP contribution in [0.5, 0.6) is 0 Å². The number of anilines is 1. The number of benzene rings is 1. The van der Waals surface area contributed by atoms with E-state index in [0.29, 0.717) is 28.9 Å². The van der Waals surface area contributed by atoms with Crippen LogP contribution in [-0.4, -0.2) is 26.7 Å². The highest BCUT2D eigenvalue weighted by atomic mass is 16.6. The Kier molecular flexibility index (Phi) is 4.85. The zero-order valence-electron chi connectivity index (χ0n) is 13.9. The van der Waals surface area contributed by atoms with Gasteiger partial charge in [-0.2, -0.15) is 0 Å². The second-order valence-corrected chi connectivity index (χ2v) is 6.77. The molecule has 1 aromatic carbocycles. The SMILES string of the molecule is CC(C)CC(Nc1c([N+](=O)[O-])cnc2ccccc12)C(C)(C)O. The van der Waals surface area contributed by atoms with E-state index in [1.54, 1.807) is 19.9 Å². The summed E-state index contributed by atoms with van der Waals surface area (Å²) in [6.45, 7) is 7.53. The lowest BCUT2D eigenvalue weighted by atomic mass is 9.90. The van der Waals surface area contributed by atoms with Crippen molar-refractivity contribution in [2.24, 2.45) is 5.92 Å². The maximum Gasteiger partial charge on any atom is 0.311 e. The first-order valence-electron chi connectivity index (χ1n) is 7.71. The maximum absolute atomic E-state index is 11.4. The van der Waals surface area contributed by atoms with Crippen LogP contribution in [0.25, 0.3) is 10.9 Å². The fraction of sp³-hybridized carbons (Fsp3) is 0.471. The molecule has 124 valence electrons. The van der Waals surface area contributed by atoms with Crippen LogP contribution in [-0.2, 0) is 0 Å². The Labute approximate surface area is 135 Å². The van der Waals surface area contributed by atoms with Crippen molar-refractivity contribution >= 4 is 22.3 Å². The lowest BCUT2D eigenvalue weighted by Crippen LogP contribution is -2.43. The van der Waals surface area contributed by atoms with Gasteiger partial charge in [-0.05, 0) is 32.3 Å². The molecule has 1 atom stereocenters. The van der Waals surface area contributed by atoms with Crippen molar-refractivity contribution in [2.45, 2.75) is 45.8 Å². The molecule has 0 bridgehead atoms. The van der Waals surface area contributed by atoms with Gasteiger partial charge in [-0.1, -0.05) is 32.0 Å². The lowest BCUT2D eigenvalue weighted by Gasteiger charge is -2.32. The molecule has 0 saturated heterocycles. The Morgan fingerprint density at radius 2 is 2.00 bits per heavy atom. The largest absolute Gasteiger partial charge is 0.388 e. The van der Waals surface area contributed by atoms with Gasteiger partial charge in [0.25, 0.3) is 0 Å². The second kappa shape index (κ2) is 6.50. The molecule has 2 aromatic rings. The van der Waals surface area contributed by atoms with Gasteiger partial charge in [0, 0.05) is 5.39 Å². The van der Waals surface area contributed by atoms with E-state index in [9.17, 15) is 15.2 Å². The number of nitrogens with zero attached hydrogens (tertiary/aromatic N) is 2. The molecule has 0 saturated carbocycles. The van der Waals surface area contributed by atoms with Gasteiger partial charge in [0.05, 0.1) is 22.1 Å². The molecule has 6 nitrogen and oxygen atoms in total. The average molecular weight is 317 g/mol. The highest BCUT2D eigenvalue weighted by molar-refractivity contribution is 5.95. The molecule has 1 heterocycles. The van der Waals surface area contributed by atoms with Crippen molar-refractivity contribution in [1.82, 2.24) is 4.98 Å². The van der Waals surface area contributed by atoms with Crippen molar-refractivity contribution in [2.75, 3.05) is 5.32 Å². The summed E-state index contributed by atoms with van der Waals surface area (Å²) in [5.41, 5.74) is -0.00239. The van der Waals surface area contributed by atoms with Crippen LogP contribution < -0.4 is 5.32 Å². The predicted octanol–water partition coefficient (Wildman–Crippen LogP) is 3.74. The summed E-state index contributed by atoms with van der Waals surface area (Å²) in [6.07, 6.45) is 1.96. The molecule has 0 spiro atoms. The molecule has 0 amide bonds. The van der Waals surface area contributed by atoms with E-state index >= 15 is 0 Å². The number of rotatable bonds is 6. The molecule has 23 heavy (non-hydrogen) atoms. The van der Waals surface area contributed by atoms with E-state index in [1.165, 1.54) is 6.20 Å². The minimum Gasteiger partial charge on any atom is -0.388 e. The van der Waals surface area contributed by atoms with Crippen molar-refractivity contribution in [1.29, 1.82) is 0 Å². The number of hydrogen-bond acceptors (Lipinski definition) is 5. The van der Waals surface area contributed by atoms with Crippen LogP contribution in [0.1, 0.15) is 34.1 Å². The number of fused-ring (bicyclic) bond motifs is 1. The number of nitrogens with one attached hydrogen (secondary N) is 1. The summed E-state index contributed by atoms with van der Waals surface area (Å²) in [5.74, 6) is 0.339. The highest BCUT2D eigenvalue weighted by Gasteiger charge is 2.30. The molecule has 1 unspecified atom stereocenters. The summed E-state index contributed by atoms with van der Waals surface area (Å²) >= 11 is 0. The number of nitro groups is 1. The van der Waals surface area contributed by atoms with Crippen molar-refractivity contribution in [3.63, 3.8) is 0 Å². The fourth-order valence-corrected chi connectivity index (χ4v) is 2.59. The van der Waals surface area contributed by atoms with E-state index in [-0.39, 0.29) is 11.7 Å². The summed E-state index contributed by atoms with van der Waals surface area (Å²) in [7, 11) is 0. The standard InChI is InChI=1S/C17H23N3O3/c1-11(2)9-15(17(3,4)21)19-16-12-7-5-6-8-13(12)18-10-14(16)20(22)23/h5-8,10-11,15,21H,9H2,1-4H3,(H,18,19). The van der Waals surface area contributed by atoms with E-state index in [4.69, 9.17) is 0 Å². The first kappa shape index (κ1) is 17.1. The Bertz CT molecular complexity index is 708. The smallest absolute Gasteiger partial charge is 0.311 e. The van der Waals surface area contributed by atoms with Crippen LogP contribution in [0.4, 0.5) is 11.4 Å². The van der Waals surface area contributed by atoms with Crippen molar-refractivity contribution in [3.05, 3.63) is 40.6 Å². The average Bonchev–Trinajstić information content (AvgIpc) is 2.45. The van der Waals surface area contributed by atoms with E-state index in [1.807, 2.05) is 18.2 Å². The number of aliphatic hydroxyl groups is 1. The molecule has 2 N–H and O–H groups in total. The van der Waals surface area contributed by atoms with Gasteiger partial charge >= 0.3 is 5.69 Å². The molecular formula is C17H23N3O3. The Hall–Kier alpha value is -2.21. The highest BCUT2D eigenvalue weighted by Crippen LogP contribution is 2.34. The lowest BCUT2D eigenvalue weighted by molar-refractivity contribution is -0.384. The minimum atomic E-state index is -1.01. The summed E-state index contributed by atoms with van der Waals surface area (Å²) < 4.78 is 0. The molecule has 6 heteroatoms. The molecule has 2 rings (SSSR count). The summed E-state index contributed by atoms with van der Waals surface area (Å²) in [4.78, 5) is 15.1.